The molecule has 8 nitrogen and oxygen atoms in total. The number of anilines is 1. The van der Waals surface area contributed by atoms with Gasteiger partial charge in [-0.15, -0.1) is 11.3 Å². The SMILES string of the molecule is O=C(CCCCCn1cc(C(=O)Nc2ccc3ncsc3c2)c(=O)c2ccccc21)NO. The van der Waals surface area contributed by atoms with E-state index in [1.54, 1.807) is 35.4 Å². The van der Waals surface area contributed by atoms with E-state index < -0.39 is 11.8 Å². The largest absolute Gasteiger partial charge is 0.346 e. The Hall–Kier alpha value is -3.56. The number of pyridine rings is 1. The van der Waals surface area contributed by atoms with E-state index in [1.165, 1.54) is 11.3 Å². The van der Waals surface area contributed by atoms with E-state index in [0.29, 0.717) is 24.0 Å². The number of hydroxylamine groups is 1. The molecule has 2 aromatic carbocycles. The highest BCUT2D eigenvalue weighted by Crippen LogP contribution is 2.22. The summed E-state index contributed by atoms with van der Waals surface area (Å²) in [5.41, 5.74) is 5.36. The van der Waals surface area contributed by atoms with E-state index in [2.05, 4.69) is 10.3 Å². The second kappa shape index (κ2) is 9.71. The molecule has 0 radical (unpaired) electrons. The minimum absolute atomic E-state index is 0.0766. The summed E-state index contributed by atoms with van der Waals surface area (Å²) in [6, 6.07) is 12.6. The second-order valence-corrected chi connectivity index (χ2v) is 8.30. The third-order valence-electron chi connectivity index (χ3n) is 5.25. The smallest absolute Gasteiger partial charge is 0.261 e. The van der Waals surface area contributed by atoms with Crippen molar-refractivity contribution in [1.82, 2.24) is 15.0 Å². The minimum atomic E-state index is -0.460. The van der Waals surface area contributed by atoms with Crippen molar-refractivity contribution in [2.45, 2.75) is 32.2 Å². The first-order valence-electron chi connectivity index (χ1n) is 10.3. The minimum Gasteiger partial charge on any atom is -0.346 e. The molecule has 0 bridgehead atoms. The average molecular weight is 451 g/mol. The number of amides is 2. The first-order chi connectivity index (χ1) is 15.6. The molecule has 3 N–H and O–H groups in total. The molecule has 0 aliphatic carbocycles. The van der Waals surface area contributed by atoms with Gasteiger partial charge in [0.1, 0.15) is 5.56 Å². The van der Waals surface area contributed by atoms with Crippen LogP contribution in [0, 0.1) is 0 Å². The number of nitrogens with zero attached hydrogens (tertiary/aromatic N) is 2. The lowest BCUT2D eigenvalue weighted by Gasteiger charge is -2.14. The first kappa shape index (κ1) is 21.7. The molecule has 9 heteroatoms. The Morgan fingerprint density at radius 2 is 1.94 bits per heavy atom. The predicted octanol–water partition coefficient (Wildman–Crippen LogP) is 3.93. The van der Waals surface area contributed by atoms with Gasteiger partial charge in [-0.25, -0.2) is 10.5 Å². The lowest BCUT2D eigenvalue weighted by molar-refractivity contribution is -0.129. The molecule has 0 atom stereocenters. The van der Waals surface area contributed by atoms with Crippen molar-refractivity contribution in [3.63, 3.8) is 0 Å². The van der Waals surface area contributed by atoms with Gasteiger partial charge in [0.25, 0.3) is 5.91 Å². The summed E-state index contributed by atoms with van der Waals surface area (Å²) in [5, 5.41) is 11.9. The van der Waals surface area contributed by atoms with Crippen LogP contribution in [0.4, 0.5) is 5.69 Å². The van der Waals surface area contributed by atoms with E-state index in [0.717, 1.165) is 28.6 Å². The maximum absolute atomic E-state index is 13.0. The molecule has 0 aliphatic rings. The van der Waals surface area contributed by atoms with E-state index >= 15 is 0 Å². The summed E-state index contributed by atoms with van der Waals surface area (Å²) >= 11 is 1.48. The molecular weight excluding hydrogens is 428 g/mol. The Kier molecular flexibility index (Phi) is 6.58. The number of fused-ring (bicyclic) bond motifs is 2. The number of hydrogen-bond acceptors (Lipinski definition) is 6. The number of para-hydroxylation sites is 1. The van der Waals surface area contributed by atoms with Crippen LogP contribution < -0.4 is 16.2 Å². The number of hydrogen-bond donors (Lipinski definition) is 3. The standard InChI is InChI=1S/C23H22N4O4S/c28-21(26-31)8-2-1-5-11-27-13-17(22(29)16-6-3-4-7-19(16)27)23(30)25-15-9-10-18-20(12-15)32-14-24-18/h3-4,6-7,9-10,12-14,31H,1-2,5,8,11H2,(H,25,30)(H,26,28). The van der Waals surface area contributed by atoms with Gasteiger partial charge in [-0.3, -0.25) is 19.6 Å². The van der Waals surface area contributed by atoms with Gasteiger partial charge in [-0.1, -0.05) is 18.6 Å². The number of carbonyl (C=O) groups excluding carboxylic acids is 2. The van der Waals surface area contributed by atoms with Crippen molar-refractivity contribution in [3.05, 3.63) is 70.0 Å². The maximum atomic E-state index is 13.0. The molecule has 0 aliphatic heterocycles. The zero-order valence-electron chi connectivity index (χ0n) is 17.2. The molecule has 0 fully saturated rings. The quantitative estimate of drug-likeness (QED) is 0.214. The topological polar surface area (TPSA) is 113 Å². The Morgan fingerprint density at radius 1 is 1.09 bits per heavy atom. The number of carbonyl (C=O) groups is 2. The first-order valence-corrected chi connectivity index (χ1v) is 11.1. The predicted molar refractivity (Wildman–Crippen MR) is 124 cm³/mol. The van der Waals surface area contributed by atoms with Gasteiger partial charge in [0.05, 0.1) is 21.2 Å². The fraction of sp³-hybridized carbons (Fsp3) is 0.217. The Balaban J connectivity index is 1.56. The molecule has 0 unspecified atom stereocenters. The third-order valence-corrected chi connectivity index (χ3v) is 6.04. The second-order valence-electron chi connectivity index (χ2n) is 7.42. The fourth-order valence-corrected chi connectivity index (χ4v) is 4.34. The normalized spacial score (nSPS) is 11.0. The molecule has 32 heavy (non-hydrogen) atoms. The van der Waals surface area contributed by atoms with E-state index in [9.17, 15) is 14.4 Å². The molecular formula is C23H22N4O4S. The van der Waals surface area contributed by atoms with E-state index in [4.69, 9.17) is 5.21 Å². The van der Waals surface area contributed by atoms with Crippen LogP contribution in [0.15, 0.2) is 59.0 Å². The molecule has 4 rings (SSSR count). The Morgan fingerprint density at radius 3 is 2.78 bits per heavy atom. The molecule has 164 valence electrons. The number of unbranched alkanes of at least 4 members (excludes halogenated alkanes) is 2. The van der Waals surface area contributed by atoms with Crippen LogP contribution in [0.1, 0.15) is 36.0 Å². The summed E-state index contributed by atoms with van der Waals surface area (Å²) in [7, 11) is 0. The average Bonchev–Trinajstić information content (AvgIpc) is 3.28. The van der Waals surface area contributed by atoms with Crippen molar-refractivity contribution in [1.29, 1.82) is 0 Å². The lowest BCUT2D eigenvalue weighted by atomic mass is 10.1. The van der Waals surface area contributed by atoms with Crippen LogP contribution in [0.25, 0.3) is 21.1 Å². The number of nitrogens with one attached hydrogen (secondary N) is 2. The number of thiazole rings is 1. The van der Waals surface area contributed by atoms with Crippen molar-refractivity contribution in [2.75, 3.05) is 5.32 Å². The van der Waals surface area contributed by atoms with Gasteiger partial charge in [0.15, 0.2) is 0 Å². The van der Waals surface area contributed by atoms with Crippen molar-refractivity contribution in [3.8, 4) is 0 Å². The molecule has 2 amide bonds. The van der Waals surface area contributed by atoms with Crippen LogP contribution >= 0.6 is 11.3 Å². The van der Waals surface area contributed by atoms with Gasteiger partial charge in [0.2, 0.25) is 11.3 Å². The number of rotatable bonds is 8. The fourth-order valence-electron chi connectivity index (χ4n) is 3.62. The van der Waals surface area contributed by atoms with Gasteiger partial charge >= 0.3 is 0 Å². The van der Waals surface area contributed by atoms with Crippen LogP contribution in [-0.4, -0.2) is 26.6 Å². The van der Waals surface area contributed by atoms with Gasteiger partial charge in [0, 0.05) is 30.2 Å². The highest BCUT2D eigenvalue weighted by molar-refractivity contribution is 7.16. The van der Waals surface area contributed by atoms with Gasteiger partial charge in [-0.05, 0) is 43.2 Å². The summed E-state index contributed by atoms with van der Waals surface area (Å²) in [6.45, 7) is 0.592. The van der Waals surface area contributed by atoms with Gasteiger partial charge < -0.3 is 9.88 Å². The van der Waals surface area contributed by atoms with Crippen molar-refractivity contribution in [2.24, 2.45) is 0 Å². The zero-order chi connectivity index (χ0) is 22.5. The highest BCUT2D eigenvalue weighted by Gasteiger charge is 2.16. The van der Waals surface area contributed by atoms with Crippen LogP contribution in [-0.2, 0) is 11.3 Å². The molecule has 0 spiro atoms. The molecule has 0 saturated heterocycles. The van der Waals surface area contributed by atoms with E-state index in [-0.39, 0.29) is 17.4 Å². The van der Waals surface area contributed by atoms with Crippen LogP contribution in [0.3, 0.4) is 0 Å². The Bertz CT molecular complexity index is 1340. The zero-order valence-corrected chi connectivity index (χ0v) is 18.0. The highest BCUT2D eigenvalue weighted by atomic mass is 32.1. The molecule has 2 heterocycles. The molecule has 0 saturated carbocycles. The van der Waals surface area contributed by atoms with E-state index in [1.807, 2.05) is 28.8 Å². The molecule has 4 aromatic rings. The van der Waals surface area contributed by atoms with Crippen molar-refractivity contribution < 1.29 is 14.8 Å². The van der Waals surface area contributed by atoms with Crippen molar-refractivity contribution >= 4 is 50.0 Å². The summed E-state index contributed by atoms with van der Waals surface area (Å²) in [5.74, 6) is -0.868. The summed E-state index contributed by atoms with van der Waals surface area (Å²) in [6.07, 6.45) is 4.02. The number of aryl methyl sites for hydroxylation is 1. The summed E-state index contributed by atoms with van der Waals surface area (Å²) < 4.78 is 2.86. The number of benzene rings is 2. The maximum Gasteiger partial charge on any atom is 0.261 e. The Labute approximate surface area is 187 Å². The van der Waals surface area contributed by atoms with Crippen LogP contribution in [0.5, 0.6) is 0 Å². The third kappa shape index (κ3) is 4.68. The van der Waals surface area contributed by atoms with Crippen LogP contribution in [0.2, 0.25) is 0 Å². The summed E-state index contributed by atoms with van der Waals surface area (Å²) in [4.78, 5) is 41.4. The number of aromatic nitrogens is 2. The molecule has 2 aromatic heterocycles. The van der Waals surface area contributed by atoms with Gasteiger partial charge in [-0.2, -0.15) is 0 Å². The monoisotopic (exact) mass is 450 g/mol. The lowest BCUT2D eigenvalue weighted by Crippen LogP contribution is -2.24.